The van der Waals surface area contributed by atoms with Gasteiger partial charge in [0.2, 0.25) is 0 Å². The molecule has 2 aromatic carbocycles. The van der Waals surface area contributed by atoms with E-state index in [2.05, 4.69) is 20.2 Å². The Balaban J connectivity index is 1.46. The molecule has 1 unspecified atom stereocenters. The Morgan fingerprint density at radius 2 is 2.00 bits per heavy atom. The van der Waals surface area contributed by atoms with E-state index >= 15 is 0 Å². The van der Waals surface area contributed by atoms with Crippen LogP contribution in [0.4, 0.5) is 17.2 Å². The molecule has 0 aliphatic carbocycles. The van der Waals surface area contributed by atoms with Gasteiger partial charge in [-0.3, -0.25) is 4.98 Å². The van der Waals surface area contributed by atoms with Crippen LogP contribution < -0.4 is 20.7 Å². The van der Waals surface area contributed by atoms with Crippen molar-refractivity contribution in [2.75, 3.05) is 30.4 Å². The largest absolute Gasteiger partial charge is 0.503 e. The maximum Gasteiger partial charge on any atom is 0.176 e. The van der Waals surface area contributed by atoms with E-state index in [0.717, 1.165) is 58.7 Å². The molecule has 0 amide bonds. The molecule has 168 valence electrons. The van der Waals surface area contributed by atoms with Crippen molar-refractivity contribution in [1.29, 1.82) is 0 Å². The molecule has 1 aliphatic heterocycles. The summed E-state index contributed by atoms with van der Waals surface area (Å²) in [5.41, 5.74) is 10.4. The number of nitrogens with zero attached hydrogens (tertiary/aromatic N) is 3. The van der Waals surface area contributed by atoms with E-state index in [4.69, 9.17) is 22.1 Å². The summed E-state index contributed by atoms with van der Waals surface area (Å²) in [6, 6.07) is 15.6. The molecular weight excluding hydrogens is 438 g/mol. The molecule has 1 fully saturated rings. The van der Waals surface area contributed by atoms with Crippen molar-refractivity contribution in [2.24, 2.45) is 5.73 Å². The van der Waals surface area contributed by atoms with E-state index in [1.807, 2.05) is 42.6 Å². The number of phenolic OH excluding ortho intramolecular Hbond substituents is 1. The molecule has 3 heterocycles. The van der Waals surface area contributed by atoms with Gasteiger partial charge in [0.05, 0.1) is 29.5 Å². The molecule has 7 nitrogen and oxygen atoms in total. The number of anilines is 3. The highest BCUT2D eigenvalue weighted by Crippen LogP contribution is 2.39. The Kier molecular flexibility index (Phi) is 5.66. The van der Waals surface area contributed by atoms with Crippen molar-refractivity contribution in [3.8, 4) is 22.6 Å². The Bertz CT molecular complexity index is 1310. The van der Waals surface area contributed by atoms with Crippen LogP contribution in [0.15, 0.2) is 60.9 Å². The molecule has 0 saturated carbocycles. The van der Waals surface area contributed by atoms with Crippen molar-refractivity contribution in [1.82, 2.24) is 9.97 Å². The summed E-state index contributed by atoms with van der Waals surface area (Å²) >= 11 is 6.20. The second-order valence-electron chi connectivity index (χ2n) is 8.12. The highest BCUT2D eigenvalue weighted by molar-refractivity contribution is 6.32. The molecule has 0 spiro atoms. The molecule has 33 heavy (non-hydrogen) atoms. The highest BCUT2D eigenvalue weighted by atomic mass is 35.5. The van der Waals surface area contributed by atoms with Crippen LogP contribution in [0.2, 0.25) is 5.02 Å². The van der Waals surface area contributed by atoms with E-state index < -0.39 is 0 Å². The maximum absolute atomic E-state index is 10.1. The van der Waals surface area contributed by atoms with Gasteiger partial charge in [-0.25, -0.2) is 4.98 Å². The summed E-state index contributed by atoms with van der Waals surface area (Å²) in [4.78, 5) is 11.3. The van der Waals surface area contributed by atoms with Gasteiger partial charge in [-0.05, 0) is 60.0 Å². The number of hydrogen-bond donors (Lipinski definition) is 3. The van der Waals surface area contributed by atoms with Crippen LogP contribution >= 0.6 is 11.6 Å². The number of hydrogen-bond acceptors (Lipinski definition) is 7. The van der Waals surface area contributed by atoms with Gasteiger partial charge >= 0.3 is 0 Å². The van der Waals surface area contributed by atoms with E-state index in [0.29, 0.717) is 5.75 Å². The monoisotopic (exact) mass is 461 g/mol. The van der Waals surface area contributed by atoms with Gasteiger partial charge in [-0.1, -0.05) is 17.7 Å². The first kappa shape index (κ1) is 21.3. The third kappa shape index (κ3) is 4.25. The van der Waals surface area contributed by atoms with Crippen molar-refractivity contribution in [3.05, 3.63) is 65.9 Å². The number of pyridine rings is 2. The topological polar surface area (TPSA) is 96.5 Å². The van der Waals surface area contributed by atoms with Crippen LogP contribution in [-0.4, -0.2) is 41.3 Å². The first-order valence-corrected chi connectivity index (χ1v) is 11.1. The minimum absolute atomic E-state index is 0.0698. The SMILES string of the molecule is COc1cc(-c2ccc3nccc(Nc4ccc(N5CCC(N)C5)nc4)c3c2)cc(Cl)c1O. The maximum atomic E-state index is 10.1. The van der Waals surface area contributed by atoms with Crippen LogP contribution in [0.3, 0.4) is 0 Å². The van der Waals surface area contributed by atoms with Crippen LogP contribution in [-0.2, 0) is 0 Å². The smallest absolute Gasteiger partial charge is 0.176 e. The molecule has 0 bridgehead atoms. The van der Waals surface area contributed by atoms with E-state index in [1.165, 1.54) is 7.11 Å². The zero-order valence-corrected chi connectivity index (χ0v) is 18.9. The third-order valence-corrected chi connectivity index (χ3v) is 6.19. The second kappa shape index (κ2) is 8.77. The first-order chi connectivity index (χ1) is 16.0. The second-order valence-corrected chi connectivity index (χ2v) is 8.53. The zero-order valence-electron chi connectivity index (χ0n) is 18.1. The van der Waals surface area contributed by atoms with Gasteiger partial charge in [-0.2, -0.15) is 0 Å². The van der Waals surface area contributed by atoms with Gasteiger partial charge < -0.3 is 25.8 Å². The standard InChI is InChI=1S/C25H24ClN5O2/c1-33-23-12-16(11-20(26)25(23)32)15-2-4-21-19(10-15)22(6-8-28-21)30-18-3-5-24(29-13-18)31-9-7-17(27)14-31/h2-6,8,10-13,17,32H,7,9,14,27H2,1H3,(H,28,30). The number of methoxy groups -OCH3 is 1. The minimum atomic E-state index is -0.0698. The molecule has 8 heteroatoms. The first-order valence-electron chi connectivity index (χ1n) is 10.7. The van der Waals surface area contributed by atoms with Crippen LogP contribution in [0.5, 0.6) is 11.5 Å². The lowest BCUT2D eigenvalue weighted by atomic mass is 10.0. The summed E-state index contributed by atoms with van der Waals surface area (Å²) in [6.07, 6.45) is 4.60. The Morgan fingerprint density at radius 3 is 2.73 bits per heavy atom. The van der Waals surface area contributed by atoms with E-state index in [1.54, 1.807) is 18.3 Å². The molecule has 5 rings (SSSR count). The summed E-state index contributed by atoms with van der Waals surface area (Å²) in [7, 11) is 1.50. The molecule has 1 atom stereocenters. The lowest BCUT2D eigenvalue weighted by Gasteiger charge is -2.17. The number of rotatable bonds is 5. The highest BCUT2D eigenvalue weighted by Gasteiger charge is 2.20. The fraction of sp³-hybridized carbons (Fsp3) is 0.200. The van der Waals surface area contributed by atoms with Crippen molar-refractivity contribution < 1.29 is 9.84 Å². The molecule has 0 radical (unpaired) electrons. The molecule has 4 N–H and O–H groups in total. The quantitative estimate of drug-likeness (QED) is 0.387. The molecule has 2 aromatic heterocycles. The number of benzene rings is 2. The molecular formula is C25H24ClN5O2. The van der Waals surface area contributed by atoms with E-state index in [9.17, 15) is 5.11 Å². The van der Waals surface area contributed by atoms with Gasteiger partial charge in [0, 0.05) is 36.4 Å². The fourth-order valence-corrected chi connectivity index (χ4v) is 4.34. The number of fused-ring (bicyclic) bond motifs is 1. The summed E-state index contributed by atoms with van der Waals surface area (Å²) < 4.78 is 5.25. The summed E-state index contributed by atoms with van der Waals surface area (Å²) in [5.74, 6) is 1.19. The summed E-state index contributed by atoms with van der Waals surface area (Å²) in [6.45, 7) is 1.77. The van der Waals surface area contributed by atoms with Crippen molar-refractivity contribution in [3.63, 3.8) is 0 Å². The van der Waals surface area contributed by atoms with Crippen LogP contribution in [0.1, 0.15) is 6.42 Å². The number of nitrogens with two attached hydrogens (primary N) is 1. The van der Waals surface area contributed by atoms with Gasteiger partial charge in [0.25, 0.3) is 0 Å². The number of nitrogens with one attached hydrogen (secondary N) is 1. The minimum Gasteiger partial charge on any atom is -0.503 e. The van der Waals surface area contributed by atoms with Gasteiger partial charge in [0.1, 0.15) is 5.82 Å². The third-order valence-electron chi connectivity index (χ3n) is 5.90. The molecule has 4 aromatic rings. The number of aromatic hydroxyl groups is 1. The number of halogens is 1. The fourth-order valence-electron chi connectivity index (χ4n) is 4.13. The molecule has 1 saturated heterocycles. The Morgan fingerprint density at radius 1 is 1.12 bits per heavy atom. The van der Waals surface area contributed by atoms with Gasteiger partial charge in [0.15, 0.2) is 11.5 Å². The zero-order chi connectivity index (χ0) is 22.9. The van der Waals surface area contributed by atoms with Crippen molar-refractivity contribution >= 4 is 39.7 Å². The van der Waals surface area contributed by atoms with Gasteiger partial charge in [-0.15, -0.1) is 0 Å². The predicted octanol–water partition coefficient (Wildman–Crippen LogP) is 4.95. The van der Waals surface area contributed by atoms with Crippen LogP contribution in [0.25, 0.3) is 22.0 Å². The van der Waals surface area contributed by atoms with Crippen LogP contribution in [0, 0.1) is 0 Å². The number of phenols is 1. The summed E-state index contributed by atoms with van der Waals surface area (Å²) in [5, 5.41) is 14.7. The predicted molar refractivity (Wildman–Crippen MR) is 133 cm³/mol. The molecule has 1 aliphatic rings. The van der Waals surface area contributed by atoms with Crippen molar-refractivity contribution in [2.45, 2.75) is 12.5 Å². The average molecular weight is 462 g/mol. The lowest BCUT2D eigenvalue weighted by molar-refractivity contribution is 0.374. The number of ether oxygens (including phenoxy) is 1. The van der Waals surface area contributed by atoms with E-state index in [-0.39, 0.29) is 16.8 Å². The Hall–Kier alpha value is -3.55. The normalized spacial score (nSPS) is 15.7. The lowest BCUT2D eigenvalue weighted by Crippen LogP contribution is -2.26. The Labute approximate surface area is 196 Å². The number of aromatic nitrogens is 2. The average Bonchev–Trinajstić information content (AvgIpc) is 3.27.